The number of carboxylic acid groups (broad SMARTS) is 1. The Morgan fingerprint density at radius 3 is 2.50 bits per heavy atom. The highest BCUT2D eigenvalue weighted by atomic mass is 19.3. The molecule has 2 unspecified atom stereocenters. The van der Waals surface area contributed by atoms with Crippen LogP contribution in [0.5, 0.6) is 0 Å². The van der Waals surface area contributed by atoms with E-state index in [0.29, 0.717) is 6.42 Å². The fourth-order valence-corrected chi connectivity index (χ4v) is 0.853. The fourth-order valence-electron chi connectivity index (χ4n) is 0.853. The van der Waals surface area contributed by atoms with Gasteiger partial charge in [0.2, 0.25) is 0 Å². The summed E-state index contributed by atoms with van der Waals surface area (Å²) in [5, 5.41) is 19.7. The van der Waals surface area contributed by atoms with Gasteiger partial charge in [-0.15, -0.1) is 0 Å². The summed E-state index contributed by atoms with van der Waals surface area (Å²) in [4.78, 5) is 10.2. The number of aliphatic hydroxyl groups is 1. The Morgan fingerprint density at radius 2 is 2.07 bits per heavy atom. The Labute approximate surface area is 80.9 Å². The van der Waals surface area contributed by atoms with Crippen molar-refractivity contribution < 1.29 is 23.8 Å². The van der Waals surface area contributed by atoms with E-state index in [-0.39, 0.29) is 19.0 Å². The van der Waals surface area contributed by atoms with Crippen LogP contribution in [0.2, 0.25) is 0 Å². The van der Waals surface area contributed by atoms with Crippen molar-refractivity contribution in [3.05, 3.63) is 0 Å². The minimum absolute atomic E-state index is 0.0149. The molecule has 0 saturated carbocycles. The molecular weight excluding hydrogens is 196 g/mol. The molecule has 0 aromatic carbocycles. The molecule has 2 atom stereocenters. The van der Waals surface area contributed by atoms with E-state index in [1.165, 1.54) is 0 Å². The second kappa shape index (κ2) is 6.67. The molecule has 0 fully saturated rings. The van der Waals surface area contributed by atoms with Gasteiger partial charge in [-0.3, -0.25) is 4.79 Å². The number of nitrogens with one attached hydrogen (secondary N) is 1. The standard InChI is InChI=1S/C8H15F2NO3/c1-5(2-3-7(13)14)11-4-6(12)8(9)10/h5-6,8,11-12H,2-4H2,1H3,(H,13,14). The van der Waals surface area contributed by atoms with Crippen LogP contribution in [-0.2, 0) is 4.79 Å². The number of carboxylic acids is 1. The predicted octanol–water partition coefficient (Wildman–Crippen LogP) is 0.455. The SMILES string of the molecule is CC(CCC(=O)O)NCC(O)C(F)F. The molecule has 0 rings (SSSR count). The van der Waals surface area contributed by atoms with Crippen LogP contribution in [-0.4, -0.2) is 41.3 Å². The van der Waals surface area contributed by atoms with Crippen molar-refractivity contribution in [1.82, 2.24) is 5.32 Å². The summed E-state index contributed by atoms with van der Waals surface area (Å²) in [5.41, 5.74) is 0. The van der Waals surface area contributed by atoms with Crippen molar-refractivity contribution in [2.45, 2.75) is 38.3 Å². The lowest BCUT2D eigenvalue weighted by molar-refractivity contribution is -0.137. The second-order valence-electron chi connectivity index (χ2n) is 3.14. The number of aliphatic carboxylic acids is 1. The summed E-state index contributed by atoms with van der Waals surface area (Å²) < 4.78 is 23.6. The molecule has 0 aliphatic rings. The van der Waals surface area contributed by atoms with Crippen LogP contribution in [0.3, 0.4) is 0 Å². The average molecular weight is 211 g/mol. The highest BCUT2D eigenvalue weighted by molar-refractivity contribution is 5.66. The van der Waals surface area contributed by atoms with Gasteiger partial charge < -0.3 is 15.5 Å². The second-order valence-corrected chi connectivity index (χ2v) is 3.14. The van der Waals surface area contributed by atoms with Crippen LogP contribution in [0, 0.1) is 0 Å². The monoisotopic (exact) mass is 211 g/mol. The predicted molar refractivity (Wildman–Crippen MR) is 46.3 cm³/mol. The molecule has 0 radical (unpaired) electrons. The van der Waals surface area contributed by atoms with Gasteiger partial charge in [0.25, 0.3) is 6.43 Å². The van der Waals surface area contributed by atoms with Gasteiger partial charge in [0, 0.05) is 19.0 Å². The molecule has 0 aromatic heterocycles. The van der Waals surface area contributed by atoms with Crippen molar-refractivity contribution in [2.75, 3.05) is 6.54 Å². The molecule has 0 aliphatic heterocycles. The Morgan fingerprint density at radius 1 is 1.50 bits per heavy atom. The third-order valence-corrected chi connectivity index (χ3v) is 1.76. The number of hydrogen-bond donors (Lipinski definition) is 3. The molecule has 3 N–H and O–H groups in total. The van der Waals surface area contributed by atoms with Gasteiger partial charge in [-0.25, -0.2) is 8.78 Å². The number of carbonyl (C=O) groups is 1. The van der Waals surface area contributed by atoms with Crippen LogP contribution in [0.15, 0.2) is 0 Å². The number of aliphatic hydroxyl groups excluding tert-OH is 1. The van der Waals surface area contributed by atoms with Crippen LogP contribution < -0.4 is 5.32 Å². The maximum atomic E-state index is 11.8. The minimum Gasteiger partial charge on any atom is -0.481 e. The highest BCUT2D eigenvalue weighted by Gasteiger charge is 2.17. The van der Waals surface area contributed by atoms with Gasteiger partial charge in [-0.1, -0.05) is 0 Å². The number of hydrogen-bond acceptors (Lipinski definition) is 3. The normalized spacial score (nSPS) is 15.5. The largest absolute Gasteiger partial charge is 0.481 e. The molecule has 6 heteroatoms. The van der Waals surface area contributed by atoms with Gasteiger partial charge in [-0.05, 0) is 13.3 Å². The van der Waals surface area contributed by atoms with Crippen LogP contribution in [0.1, 0.15) is 19.8 Å². The Kier molecular flexibility index (Phi) is 6.31. The molecule has 0 bridgehead atoms. The molecular formula is C8H15F2NO3. The highest BCUT2D eigenvalue weighted by Crippen LogP contribution is 2.01. The number of alkyl halides is 2. The Bertz CT molecular complexity index is 178. The lowest BCUT2D eigenvalue weighted by Crippen LogP contribution is -2.37. The van der Waals surface area contributed by atoms with E-state index in [2.05, 4.69) is 5.32 Å². The van der Waals surface area contributed by atoms with E-state index in [1.54, 1.807) is 6.92 Å². The van der Waals surface area contributed by atoms with E-state index in [1.807, 2.05) is 0 Å². The van der Waals surface area contributed by atoms with Crippen LogP contribution in [0.25, 0.3) is 0 Å². The van der Waals surface area contributed by atoms with Crippen molar-refractivity contribution in [1.29, 1.82) is 0 Å². The van der Waals surface area contributed by atoms with E-state index in [4.69, 9.17) is 10.2 Å². The minimum atomic E-state index is -2.77. The van der Waals surface area contributed by atoms with Crippen molar-refractivity contribution in [3.63, 3.8) is 0 Å². The first-order chi connectivity index (χ1) is 6.43. The molecule has 0 saturated heterocycles. The first kappa shape index (κ1) is 13.2. The molecule has 84 valence electrons. The summed E-state index contributed by atoms with van der Waals surface area (Å²) in [6.45, 7) is 1.46. The smallest absolute Gasteiger partial charge is 0.303 e. The zero-order valence-electron chi connectivity index (χ0n) is 7.91. The van der Waals surface area contributed by atoms with Gasteiger partial charge in [-0.2, -0.15) is 0 Å². The molecule has 0 spiro atoms. The van der Waals surface area contributed by atoms with Gasteiger partial charge in [0.15, 0.2) is 0 Å². The zero-order valence-corrected chi connectivity index (χ0v) is 7.91. The third kappa shape index (κ3) is 6.73. The van der Waals surface area contributed by atoms with Crippen molar-refractivity contribution in [3.8, 4) is 0 Å². The molecule has 4 nitrogen and oxygen atoms in total. The quantitative estimate of drug-likeness (QED) is 0.572. The van der Waals surface area contributed by atoms with Gasteiger partial charge in [0.05, 0.1) is 0 Å². The van der Waals surface area contributed by atoms with Crippen LogP contribution >= 0.6 is 0 Å². The summed E-state index contributed by atoms with van der Waals surface area (Å²) in [6.07, 6.45) is -4.12. The Balaban J connectivity index is 3.53. The Hall–Kier alpha value is -0.750. The molecule has 0 heterocycles. The van der Waals surface area contributed by atoms with Crippen molar-refractivity contribution in [2.24, 2.45) is 0 Å². The number of rotatable bonds is 7. The summed E-state index contributed by atoms with van der Waals surface area (Å²) in [7, 11) is 0. The van der Waals surface area contributed by atoms with Crippen molar-refractivity contribution >= 4 is 5.97 Å². The van der Waals surface area contributed by atoms with Gasteiger partial charge >= 0.3 is 5.97 Å². The summed E-state index contributed by atoms with van der Waals surface area (Å²) in [6, 6.07) is -0.195. The van der Waals surface area contributed by atoms with Gasteiger partial charge in [0.1, 0.15) is 6.10 Å². The third-order valence-electron chi connectivity index (χ3n) is 1.76. The van der Waals surface area contributed by atoms with E-state index < -0.39 is 18.5 Å². The first-order valence-corrected chi connectivity index (χ1v) is 4.35. The maximum Gasteiger partial charge on any atom is 0.303 e. The van der Waals surface area contributed by atoms with E-state index in [9.17, 15) is 13.6 Å². The molecule has 0 amide bonds. The molecule has 0 aliphatic carbocycles. The topological polar surface area (TPSA) is 69.6 Å². The lowest BCUT2D eigenvalue weighted by atomic mass is 10.2. The fraction of sp³-hybridized carbons (Fsp3) is 0.875. The summed E-state index contributed by atoms with van der Waals surface area (Å²) in [5.74, 6) is -0.923. The lowest BCUT2D eigenvalue weighted by Gasteiger charge is -2.15. The van der Waals surface area contributed by atoms with E-state index in [0.717, 1.165) is 0 Å². The first-order valence-electron chi connectivity index (χ1n) is 4.35. The zero-order chi connectivity index (χ0) is 11.1. The summed E-state index contributed by atoms with van der Waals surface area (Å²) >= 11 is 0. The number of halogens is 2. The van der Waals surface area contributed by atoms with Crippen LogP contribution in [0.4, 0.5) is 8.78 Å². The average Bonchev–Trinajstić information content (AvgIpc) is 2.10. The van der Waals surface area contributed by atoms with E-state index >= 15 is 0 Å². The molecule has 0 aromatic rings. The maximum absolute atomic E-state index is 11.8. The molecule has 14 heavy (non-hydrogen) atoms.